The smallest absolute Gasteiger partial charge is 0 e. The molecular weight excluding hydrogens is 425 g/mol. The Balaban J connectivity index is -0.000000225. The zero-order valence-electron chi connectivity index (χ0n) is 11.3. The van der Waals surface area contributed by atoms with Gasteiger partial charge in [0.15, 0.2) is 0 Å². The molecule has 0 amide bonds. The van der Waals surface area contributed by atoms with Crippen LogP contribution in [0, 0.1) is 6.92 Å². The van der Waals surface area contributed by atoms with E-state index >= 15 is 0 Å². The van der Waals surface area contributed by atoms with Gasteiger partial charge in [-0.2, -0.15) is 12.5 Å². The largest absolute Gasteiger partial charge is 0.384 e. The van der Waals surface area contributed by atoms with Crippen molar-refractivity contribution in [2.45, 2.75) is 26.2 Å². The van der Waals surface area contributed by atoms with E-state index < -0.39 is 0 Å². The second kappa shape index (κ2) is 11.2. The average Bonchev–Trinajstić information content (AvgIpc) is 2.38. The second-order valence-electron chi connectivity index (χ2n) is 4.76. The van der Waals surface area contributed by atoms with Gasteiger partial charge in [0.1, 0.15) is 0 Å². The fourth-order valence-electron chi connectivity index (χ4n) is 2.02. The number of rotatable bonds is 0. The molecule has 0 unspecified atom stereocenters. The first-order valence-electron chi connectivity index (χ1n) is 4.92. The van der Waals surface area contributed by atoms with E-state index in [1.54, 1.807) is 0 Å². The molecule has 0 atom stereocenters. The molecule has 0 aromatic carbocycles. The van der Waals surface area contributed by atoms with E-state index in [-0.39, 0.29) is 98.2 Å². The van der Waals surface area contributed by atoms with Crippen LogP contribution in [0.4, 0.5) is 0 Å². The predicted octanol–water partition coefficient (Wildman–Crippen LogP) is 3.41. The van der Waals surface area contributed by atoms with Crippen LogP contribution in [0.3, 0.4) is 0 Å². The van der Waals surface area contributed by atoms with Crippen LogP contribution in [0.1, 0.15) is 32.0 Å². The average molecular weight is 441 g/mol. The third-order valence-corrected chi connectivity index (χ3v) is 2.47. The molecule has 2 aromatic rings. The van der Waals surface area contributed by atoms with Crippen LogP contribution in [-0.2, 0) is 98.2 Å². The van der Waals surface area contributed by atoms with Gasteiger partial charge in [0, 0.05) is 92.8 Å². The Bertz CT molecular complexity index is 473. The minimum Gasteiger partial charge on any atom is -0.384 e. The molecule has 0 aliphatic heterocycles. The van der Waals surface area contributed by atoms with Crippen LogP contribution in [0.5, 0.6) is 0 Å². The van der Waals surface area contributed by atoms with Crippen molar-refractivity contribution in [2.24, 2.45) is 0 Å². The van der Waals surface area contributed by atoms with Crippen LogP contribution < -0.4 is 0 Å². The molecule has 0 saturated carbocycles. The quantitative estimate of drug-likeness (QED) is 0.553. The summed E-state index contributed by atoms with van der Waals surface area (Å²) in [5, 5.41) is 0. The van der Waals surface area contributed by atoms with Crippen LogP contribution in [-0.4, -0.2) is 4.40 Å². The maximum Gasteiger partial charge on any atom is 0 e. The zero-order valence-corrected chi connectivity index (χ0v) is 18.3. The Kier molecular flexibility index (Phi) is 16.8. The first-order chi connectivity index (χ1) is 6.50. The van der Waals surface area contributed by atoms with Gasteiger partial charge in [0.2, 0.25) is 0 Å². The number of nitrogens with zero attached hydrogens (tertiary/aromatic N) is 1. The summed E-state index contributed by atoms with van der Waals surface area (Å²) in [4.78, 5) is 0. The summed E-state index contributed by atoms with van der Waals surface area (Å²) in [5.74, 6) is 0. The maximum absolute atomic E-state index is 4.10. The summed E-state index contributed by atoms with van der Waals surface area (Å²) >= 11 is 0. The molecule has 19 heavy (non-hydrogen) atoms. The number of aromatic nitrogens is 1. The van der Waals surface area contributed by atoms with Crippen molar-refractivity contribution < 1.29 is 92.8 Å². The number of hydrogen-bond donors (Lipinski definition) is 0. The van der Waals surface area contributed by atoms with Crippen molar-refractivity contribution in [3.63, 3.8) is 0 Å². The fourth-order valence-corrected chi connectivity index (χ4v) is 2.02. The van der Waals surface area contributed by atoms with Crippen LogP contribution in [0.15, 0.2) is 30.5 Å². The molecule has 0 bridgehead atoms. The first kappa shape index (κ1) is 28.7. The summed E-state index contributed by atoms with van der Waals surface area (Å²) in [7, 11) is 0. The molecule has 0 aliphatic carbocycles. The first-order valence-corrected chi connectivity index (χ1v) is 4.92. The molecular formula is C13H16NV5-. The van der Waals surface area contributed by atoms with Gasteiger partial charge in [-0.05, 0) is 23.2 Å². The molecule has 0 fully saturated rings. The molecule has 0 spiro atoms. The third-order valence-electron chi connectivity index (χ3n) is 2.47. The SMILES string of the molecule is [CH2-]c1cc2ccccn2c1C(C)(C)C.[V].[V].[V].[V].[V]. The Morgan fingerprint density at radius 2 is 1.47 bits per heavy atom. The van der Waals surface area contributed by atoms with Gasteiger partial charge in [0.25, 0.3) is 0 Å². The Morgan fingerprint density at radius 3 is 1.95 bits per heavy atom. The summed E-state index contributed by atoms with van der Waals surface area (Å²) in [5.41, 5.74) is 3.80. The minimum atomic E-state index is 0. The van der Waals surface area contributed by atoms with E-state index in [2.05, 4.69) is 62.6 Å². The van der Waals surface area contributed by atoms with Gasteiger partial charge in [-0.3, -0.25) is 0 Å². The summed E-state index contributed by atoms with van der Waals surface area (Å²) in [6.45, 7) is 10.8. The third kappa shape index (κ3) is 6.45. The van der Waals surface area contributed by atoms with Crippen LogP contribution in [0.2, 0.25) is 0 Å². The molecule has 6 heteroatoms. The summed E-state index contributed by atoms with van der Waals surface area (Å²) in [6, 6.07) is 8.37. The second-order valence-corrected chi connectivity index (χ2v) is 4.76. The van der Waals surface area contributed by atoms with E-state index in [0.717, 1.165) is 5.56 Å². The van der Waals surface area contributed by atoms with Crippen molar-refractivity contribution >= 4 is 5.52 Å². The molecule has 0 saturated heterocycles. The van der Waals surface area contributed by atoms with Gasteiger partial charge in [-0.15, -0.1) is 6.07 Å². The standard InChI is InChI=1S/C13H16N.5V/c1-10-9-11-7-5-6-8-14(11)12(10)13(2,3)4;;;;;/h5-9H,1H2,2-4H3;;;;;/q-1;;;;;. The minimum absolute atomic E-state index is 0. The van der Waals surface area contributed by atoms with Crippen molar-refractivity contribution in [1.82, 2.24) is 4.40 Å². The molecule has 5 radical (unpaired) electrons. The number of hydrogen-bond acceptors (Lipinski definition) is 0. The number of fused-ring (bicyclic) bond motifs is 1. The number of pyridine rings is 1. The molecule has 0 aliphatic rings. The molecule has 99 valence electrons. The van der Waals surface area contributed by atoms with Crippen molar-refractivity contribution in [2.75, 3.05) is 0 Å². The normalized spacial score (nSPS) is 9.00. The van der Waals surface area contributed by atoms with Crippen LogP contribution >= 0.6 is 0 Å². The zero-order chi connectivity index (χ0) is 10.3. The Labute approximate surface area is 175 Å². The fraction of sp³-hybridized carbons (Fsp3) is 0.308. The molecule has 2 aromatic heterocycles. The Hall–Kier alpha value is 1.55. The Morgan fingerprint density at radius 1 is 0.947 bits per heavy atom. The monoisotopic (exact) mass is 441 g/mol. The van der Waals surface area contributed by atoms with E-state index in [1.807, 2.05) is 0 Å². The van der Waals surface area contributed by atoms with Gasteiger partial charge in [-0.25, -0.2) is 0 Å². The van der Waals surface area contributed by atoms with Crippen molar-refractivity contribution in [1.29, 1.82) is 0 Å². The van der Waals surface area contributed by atoms with Gasteiger partial charge in [-0.1, -0.05) is 38.6 Å². The summed E-state index contributed by atoms with van der Waals surface area (Å²) in [6.07, 6.45) is 2.10. The van der Waals surface area contributed by atoms with E-state index in [1.165, 1.54) is 11.2 Å². The van der Waals surface area contributed by atoms with E-state index in [9.17, 15) is 0 Å². The predicted molar refractivity (Wildman–Crippen MR) is 60.6 cm³/mol. The van der Waals surface area contributed by atoms with E-state index in [4.69, 9.17) is 0 Å². The summed E-state index contributed by atoms with van der Waals surface area (Å²) < 4.78 is 2.22. The molecule has 1 nitrogen and oxygen atoms in total. The van der Waals surface area contributed by atoms with Gasteiger partial charge < -0.3 is 4.40 Å². The molecule has 0 N–H and O–H groups in total. The molecule has 2 rings (SSSR count). The topological polar surface area (TPSA) is 4.41 Å². The van der Waals surface area contributed by atoms with Crippen molar-refractivity contribution in [3.8, 4) is 0 Å². The van der Waals surface area contributed by atoms with Gasteiger partial charge >= 0.3 is 0 Å². The van der Waals surface area contributed by atoms with Crippen molar-refractivity contribution in [3.05, 3.63) is 48.6 Å². The maximum atomic E-state index is 4.10. The van der Waals surface area contributed by atoms with Crippen LogP contribution in [0.25, 0.3) is 5.52 Å². The van der Waals surface area contributed by atoms with Gasteiger partial charge in [0.05, 0.1) is 0 Å². The molecule has 2 heterocycles. The van der Waals surface area contributed by atoms with E-state index in [0.29, 0.717) is 0 Å².